The van der Waals surface area contributed by atoms with E-state index in [2.05, 4.69) is 21.2 Å². The lowest BCUT2D eigenvalue weighted by molar-refractivity contribution is -0.123. The van der Waals surface area contributed by atoms with Gasteiger partial charge in [0.1, 0.15) is 5.78 Å². The summed E-state index contributed by atoms with van der Waals surface area (Å²) in [7, 11) is 0. The Balaban J connectivity index is 1.50. The lowest BCUT2D eigenvalue weighted by Gasteiger charge is -2.32. The highest BCUT2D eigenvalue weighted by atomic mass is 32.1. The van der Waals surface area contributed by atoms with Gasteiger partial charge in [-0.1, -0.05) is 6.42 Å². The fourth-order valence-corrected chi connectivity index (χ4v) is 5.00. The third kappa shape index (κ3) is 3.17. The summed E-state index contributed by atoms with van der Waals surface area (Å²) in [5.74, 6) is 1.48. The molecule has 1 aliphatic heterocycles. The number of thiophene rings is 1. The number of carbonyl (C=O) groups excluding carboxylic acids is 1. The average Bonchev–Trinajstić information content (AvgIpc) is 3.21. The number of hydrogen-bond acceptors (Lipinski definition) is 6. The van der Waals surface area contributed by atoms with Crippen LogP contribution >= 0.6 is 11.3 Å². The van der Waals surface area contributed by atoms with E-state index in [1.165, 1.54) is 36.1 Å². The van der Waals surface area contributed by atoms with Crippen molar-refractivity contribution < 1.29 is 9.21 Å². The molecule has 1 atom stereocenters. The van der Waals surface area contributed by atoms with Gasteiger partial charge in [-0.2, -0.15) is 0 Å². The molecule has 1 saturated heterocycles. The first-order valence-corrected chi connectivity index (χ1v) is 9.71. The summed E-state index contributed by atoms with van der Waals surface area (Å²) >= 11 is 1.79. The number of Topliss-reactive ketones (excluding diaryl/α,β-unsaturated/α-hetero) is 1. The molecule has 2 aromatic heterocycles. The van der Waals surface area contributed by atoms with Crippen LogP contribution in [-0.4, -0.2) is 33.5 Å². The Kier molecular flexibility index (Phi) is 4.50. The second kappa shape index (κ2) is 6.76. The molecule has 2 aliphatic rings. The molecule has 0 radical (unpaired) electrons. The number of aryl methyl sites for hydroxylation is 2. The second-order valence-electron chi connectivity index (χ2n) is 6.86. The maximum Gasteiger partial charge on any atom is 0.257 e. The van der Waals surface area contributed by atoms with E-state index >= 15 is 0 Å². The van der Waals surface area contributed by atoms with E-state index in [9.17, 15) is 4.79 Å². The number of ketones is 1. The smallest absolute Gasteiger partial charge is 0.257 e. The van der Waals surface area contributed by atoms with Gasteiger partial charge < -0.3 is 4.42 Å². The Hall–Kier alpha value is -1.53. The van der Waals surface area contributed by atoms with Crippen molar-refractivity contribution in [3.63, 3.8) is 0 Å². The van der Waals surface area contributed by atoms with Gasteiger partial charge in [0.25, 0.3) is 5.89 Å². The third-order valence-electron chi connectivity index (χ3n) is 5.10. The number of likely N-dealkylation sites (tertiary alicyclic amines) is 1. The molecule has 3 heterocycles. The fourth-order valence-electron chi connectivity index (χ4n) is 3.83. The van der Waals surface area contributed by atoms with Gasteiger partial charge in [-0.25, -0.2) is 0 Å². The van der Waals surface area contributed by atoms with Crippen molar-refractivity contribution in [2.45, 2.75) is 64.5 Å². The Morgan fingerprint density at radius 1 is 1.29 bits per heavy atom. The van der Waals surface area contributed by atoms with Crippen LogP contribution in [0.4, 0.5) is 0 Å². The van der Waals surface area contributed by atoms with Crippen LogP contribution in [0.2, 0.25) is 0 Å². The predicted molar refractivity (Wildman–Crippen MR) is 93.0 cm³/mol. The predicted octanol–water partition coefficient (Wildman–Crippen LogP) is 3.62. The van der Waals surface area contributed by atoms with Crippen LogP contribution in [0, 0.1) is 0 Å². The molecule has 5 nitrogen and oxygen atoms in total. The molecule has 128 valence electrons. The van der Waals surface area contributed by atoms with E-state index in [-0.39, 0.29) is 11.8 Å². The van der Waals surface area contributed by atoms with Crippen LogP contribution in [0.3, 0.4) is 0 Å². The van der Waals surface area contributed by atoms with Gasteiger partial charge in [0, 0.05) is 4.88 Å². The van der Waals surface area contributed by atoms with E-state index in [0.29, 0.717) is 18.3 Å². The summed E-state index contributed by atoms with van der Waals surface area (Å²) in [6.45, 7) is 3.18. The van der Waals surface area contributed by atoms with Gasteiger partial charge in [-0.3, -0.25) is 9.69 Å². The van der Waals surface area contributed by atoms with E-state index < -0.39 is 0 Å². The minimum Gasteiger partial charge on any atom is -0.419 e. The highest BCUT2D eigenvalue weighted by Crippen LogP contribution is 2.35. The van der Waals surface area contributed by atoms with Crippen molar-refractivity contribution in [3.05, 3.63) is 22.4 Å². The molecule has 1 aliphatic carbocycles. The van der Waals surface area contributed by atoms with Crippen molar-refractivity contribution in [1.82, 2.24) is 15.1 Å². The van der Waals surface area contributed by atoms with Crippen molar-refractivity contribution in [3.8, 4) is 10.8 Å². The maximum absolute atomic E-state index is 11.8. The summed E-state index contributed by atoms with van der Waals surface area (Å²) in [6.07, 6.45) is 8.09. The van der Waals surface area contributed by atoms with Gasteiger partial charge in [0.05, 0.1) is 17.5 Å². The molecule has 0 N–H and O–H groups in total. The summed E-state index contributed by atoms with van der Waals surface area (Å²) in [4.78, 5) is 16.6. The number of fused-ring (bicyclic) bond motifs is 1. The molecule has 1 fully saturated rings. The summed E-state index contributed by atoms with van der Waals surface area (Å²) in [5.41, 5.74) is 1.45. The number of rotatable bonds is 4. The van der Waals surface area contributed by atoms with E-state index in [1.807, 2.05) is 0 Å². The maximum atomic E-state index is 11.8. The zero-order valence-electron chi connectivity index (χ0n) is 14.1. The molecule has 4 rings (SSSR count). The van der Waals surface area contributed by atoms with Crippen LogP contribution in [0.5, 0.6) is 0 Å². The molecule has 0 saturated carbocycles. The first-order valence-electron chi connectivity index (χ1n) is 8.89. The van der Waals surface area contributed by atoms with Crippen molar-refractivity contribution >= 4 is 17.1 Å². The quantitative estimate of drug-likeness (QED) is 0.847. The highest BCUT2D eigenvalue weighted by molar-refractivity contribution is 7.15. The summed E-state index contributed by atoms with van der Waals surface area (Å²) < 4.78 is 5.91. The topological polar surface area (TPSA) is 59.2 Å². The van der Waals surface area contributed by atoms with Crippen LogP contribution in [-0.2, 0) is 24.2 Å². The molecule has 0 bridgehead atoms. The lowest BCUT2D eigenvalue weighted by atomic mass is 9.99. The van der Waals surface area contributed by atoms with Gasteiger partial charge in [-0.05, 0) is 63.6 Å². The Bertz CT molecular complexity index is 713. The molecule has 0 unspecified atom stereocenters. The Labute approximate surface area is 146 Å². The molecule has 0 aromatic carbocycles. The number of piperidine rings is 1. The van der Waals surface area contributed by atoms with E-state index in [0.717, 1.165) is 30.7 Å². The molecule has 24 heavy (non-hydrogen) atoms. The van der Waals surface area contributed by atoms with Crippen LogP contribution < -0.4 is 0 Å². The monoisotopic (exact) mass is 345 g/mol. The van der Waals surface area contributed by atoms with Crippen LogP contribution in [0.15, 0.2) is 10.5 Å². The number of carbonyl (C=O) groups is 1. The van der Waals surface area contributed by atoms with Gasteiger partial charge in [-0.15, -0.1) is 21.5 Å². The molecular weight excluding hydrogens is 322 g/mol. The molecular formula is C18H23N3O2S. The Morgan fingerprint density at radius 2 is 2.17 bits per heavy atom. The molecule has 0 spiro atoms. The SMILES string of the molecule is CC(=O)[C@H]1CCCCN1Cc1nnc(-c2cc3c(s2)CCCC3)o1. The van der Waals surface area contributed by atoms with Gasteiger partial charge in [0.2, 0.25) is 5.89 Å². The second-order valence-corrected chi connectivity index (χ2v) is 8.00. The third-order valence-corrected chi connectivity index (χ3v) is 6.32. The first kappa shape index (κ1) is 16.0. The summed E-state index contributed by atoms with van der Waals surface area (Å²) in [6, 6.07) is 2.22. The number of aromatic nitrogens is 2. The first-order chi connectivity index (χ1) is 11.7. The number of nitrogens with zero attached hydrogens (tertiary/aromatic N) is 3. The minimum atomic E-state index is 0.00292. The summed E-state index contributed by atoms with van der Waals surface area (Å²) in [5, 5.41) is 8.47. The van der Waals surface area contributed by atoms with Gasteiger partial charge in [0.15, 0.2) is 0 Å². The van der Waals surface area contributed by atoms with Crippen LogP contribution in [0.1, 0.15) is 55.4 Å². The van der Waals surface area contributed by atoms with Crippen molar-refractivity contribution in [2.24, 2.45) is 0 Å². The normalized spacial score (nSPS) is 21.6. The van der Waals surface area contributed by atoms with Crippen LogP contribution in [0.25, 0.3) is 10.8 Å². The fraction of sp³-hybridized carbons (Fsp3) is 0.611. The zero-order chi connectivity index (χ0) is 16.5. The minimum absolute atomic E-state index is 0.00292. The highest BCUT2D eigenvalue weighted by Gasteiger charge is 2.27. The standard InChI is InChI=1S/C18H23N3O2S/c1-12(22)14-7-4-5-9-21(14)11-17-19-20-18(23-17)16-10-13-6-2-3-8-15(13)24-16/h10,14H,2-9,11H2,1H3/t14-/m1/s1. The average molecular weight is 345 g/mol. The molecule has 0 amide bonds. The van der Waals surface area contributed by atoms with Gasteiger partial charge >= 0.3 is 0 Å². The van der Waals surface area contributed by atoms with E-state index in [4.69, 9.17) is 4.42 Å². The molecule has 6 heteroatoms. The van der Waals surface area contributed by atoms with Crippen molar-refractivity contribution in [1.29, 1.82) is 0 Å². The lowest BCUT2D eigenvalue weighted by Crippen LogP contribution is -2.43. The molecule has 2 aromatic rings. The largest absolute Gasteiger partial charge is 0.419 e. The zero-order valence-corrected chi connectivity index (χ0v) is 14.9. The van der Waals surface area contributed by atoms with Crippen molar-refractivity contribution in [2.75, 3.05) is 6.54 Å². The Morgan fingerprint density at radius 3 is 3.00 bits per heavy atom. The number of hydrogen-bond donors (Lipinski definition) is 0. The van der Waals surface area contributed by atoms with E-state index in [1.54, 1.807) is 18.3 Å².